The van der Waals surface area contributed by atoms with Crippen LogP contribution in [0, 0.1) is 11.7 Å². The number of carbonyl (C=O) groups excluding carboxylic acids is 3. The van der Waals surface area contributed by atoms with E-state index in [0.29, 0.717) is 5.56 Å². The third-order valence-electron chi connectivity index (χ3n) is 6.21. The van der Waals surface area contributed by atoms with Gasteiger partial charge in [0.25, 0.3) is 5.91 Å². The van der Waals surface area contributed by atoms with Gasteiger partial charge in [0, 0.05) is 25.7 Å². The molecule has 1 N–H and O–H groups in total. The van der Waals surface area contributed by atoms with E-state index in [1.165, 1.54) is 24.1 Å². The van der Waals surface area contributed by atoms with Crippen molar-refractivity contribution in [1.82, 2.24) is 15.2 Å². The van der Waals surface area contributed by atoms with Crippen LogP contribution in [0.1, 0.15) is 24.0 Å². The first-order chi connectivity index (χ1) is 16.0. The van der Waals surface area contributed by atoms with Crippen LogP contribution in [-0.2, 0) is 27.1 Å². The Morgan fingerprint density at radius 1 is 1.24 bits per heavy atom. The van der Waals surface area contributed by atoms with Gasteiger partial charge >= 0.3 is 6.18 Å². The number of amides is 3. The predicted octanol–water partition coefficient (Wildman–Crippen LogP) is 3.16. The third-order valence-corrected chi connectivity index (χ3v) is 6.41. The van der Waals surface area contributed by atoms with Crippen molar-refractivity contribution in [3.8, 4) is 0 Å². The second-order valence-corrected chi connectivity index (χ2v) is 8.71. The molecule has 0 radical (unpaired) electrons. The van der Waals surface area contributed by atoms with E-state index in [1.807, 2.05) is 0 Å². The average molecular weight is 499 g/mol. The van der Waals surface area contributed by atoms with Gasteiger partial charge in [-0.3, -0.25) is 19.3 Å². The van der Waals surface area contributed by atoms with Gasteiger partial charge in [0.05, 0.1) is 10.6 Å². The van der Waals surface area contributed by atoms with Crippen LogP contribution >= 0.6 is 11.6 Å². The highest BCUT2D eigenvalue weighted by Gasteiger charge is 2.61. The summed E-state index contributed by atoms with van der Waals surface area (Å²) in [5.74, 6) is -3.28. The molecule has 1 aliphatic heterocycles. The first-order valence-electron chi connectivity index (χ1n) is 10.3. The molecule has 1 aromatic carbocycles. The topological polar surface area (TPSA) is 82.6 Å². The Morgan fingerprint density at radius 2 is 1.88 bits per heavy atom. The Morgan fingerprint density at radius 3 is 2.44 bits per heavy atom. The van der Waals surface area contributed by atoms with Crippen molar-refractivity contribution in [3.05, 3.63) is 58.5 Å². The van der Waals surface area contributed by atoms with Crippen LogP contribution < -0.4 is 10.2 Å². The van der Waals surface area contributed by atoms with Gasteiger partial charge in [0.2, 0.25) is 11.8 Å². The lowest BCUT2D eigenvalue weighted by Gasteiger charge is -2.56. The van der Waals surface area contributed by atoms with E-state index in [9.17, 15) is 31.9 Å². The highest BCUT2D eigenvalue weighted by molar-refractivity contribution is 6.30. The summed E-state index contributed by atoms with van der Waals surface area (Å²) >= 11 is 5.74. The van der Waals surface area contributed by atoms with Crippen LogP contribution in [0.15, 0.2) is 36.5 Å². The summed E-state index contributed by atoms with van der Waals surface area (Å²) in [5.41, 5.74) is -1.92. The molecule has 1 saturated carbocycles. The number of piperazine rings is 1. The van der Waals surface area contributed by atoms with Crippen LogP contribution in [-0.4, -0.2) is 46.7 Å². The lowest BCUT2D eigenvalue weighted by atomic mass is 9.64. The standard InChI is InChI=1S/C22H19ClF4N4O3/c1-28-19(33)13-7-21(8-13)20(34)30(18-16(24)6-15(23)9-29-18)11-17(32)31(21)10-12-2-4-14(5-3-12)22(25,26)27/h2-6,9,13H,7-8,10-11H2,1H3,(H,28,33)/t13-,21+. The summed E-state index contributed by atoms with van der Waals surface area (Å²) in [6.07, 6.45) is -3.39. The van der Waals surface area contributed by atoms with Crippen LogP contribution in [0.5, 0.6) is 0 Å². The number of nitrogens with one attached hydrogen (secondary N) is 1. The van der Waals surface area contributed by atoms with E-state index in [1.54, 1.807) is 0 Å². The third kappa shape index (κ3) is 4.08. The summed E-state index contributed by atoms with van der Waals surface area (Å²) in [6, 6.07) is 5.22. The Kier molecular flexibility index (Phi) is 6.01. The van der Waals surface area contributed by atoms with Gasteiger partial charge in [0.1, 0.15) is 12.1 Å². The quantitative estimate of drug-likeness (QED) is 0.657. The number of carbonyl (C=O) groups is 3. The number of aromatic nitrogens is 1. The first-order valence-corrected chi connectivity index (χ1v) is 10.7. The minimum absolute atomic E-state index is 0.0103. The molecule has 4 rings (SSSR count). The Hall–Kier alpha value is -3.21. The van der Waals surface area contributed by atoms with Crippen molar-refractivity contribution in [2.75, 3.05) is 18.5 Å². The van der Waals surface area contributed by atoms with E-state index >= 15 is 0 Å². The SMILES string of the molecule is CNC(=O)[C@H]1C[C@@]2(C1)C(=O)N(c1ncc(Cl)cc1F)CC(=O)N2Cc1ccc(C(F)(F)F)cc1. The molecule has 1 aromatic heterocycles. The summed E-state index contributed by atoms with van der Waals surface area (Å²) in [7, 11) is 1.44. The van der Waals surface area contributed by atoms with Gasteiger partial charge in [-0.15, -0.1) is 0 Å². The molecular formula is C22H19ClF4N4O3. The second-order valence-electron chi connectivity index (χ2n) is 8.28. The lowest BCUT2D eigenvalue weighted by molar-refractivity contribution is -0.165. The Bertz CT molecular complexity index is 1150. The highest BCUT2D eigenvalue weighted by atomic mass is 35.5. The van der Waals surface area contributed by atoms with E-state index in [2.05, 4.69) is 10.3 Å². The van der Waals surface area contributed by atoms with Gasteiger partial charge in [-0.25, -0.2) is 9.37 Å². The molecule has 0 atom stereocenters. The van der Waals surface area contributed by atoms with Crippen molar-refractivity contribution < 1.29 is 31.9 Å². The van der Waals surface area contributed by atoms with Crippen LogP contribution in [0.25, 0.3) is 0 Å². The zero-order chi connectivity index (χ0) is 24.8. The number of hydrogen-bond donors (Lipinski definition) is 1. The maximum absolute atomic E-state index is 14.5. The molecule has 0 unspecified atom stereocenters. The summed E-state index contributed by atoms with van der Waals surface area (Å²) < 4.78 is 53.2. The lowest BCUT2D eigenvalue weighted by Crippen LogP contribution is -2.73. The molecule has 1 aliphatic carbocycles. The molecule has 2 aromatic rings. The van der Waals surface area contributed by atoms with E-state index in [4.69, 9.17) is 11.6 Å². The number of hydrogen-bond acceptors (Lipinski definition) is 4. The number of rotatable bonds is 4. The van der Waals surface area contributed by atoms with Gasteiger partial charge in [-0.2, -0.15) is 13.2 Å². The van der Waals surface area contributed by atoms with Crippen LogP contribution in [0.4, 0.5) is 23.4 Å². The molecule has 1 saturated heterocycles. The van der Waals surface area contributed by atoms with E-state index in [0.717, 1.165) is 29.3 Å². The summed E-state index contributed by atoms with van der Waals surface area (Å²) in [4.78, 5) is 44.9. The Balaban J connectivity index is 1.67. The van der Waals surface area contributed by atoms with E-state index < -0.39 is 47.4 Å². The monoisotopic (exact) mass is 498 g/mol. The van der Waals surface area contributed by atoms with Crippen LogP contribution in [0.3, 0.4) is 0 Å². The van der Waals surface area contributed by atoms with E-state index in [-0.39, 0.29) is 36.1 Å². The van der Waals surface area contributed by atoms with Gasteiger partial charge in [-0.1, -0.05) is 23.7 Å². The second kappa shape index (κ2) is 8.53. The zero-order valence-electron chi connectivity index (χ0n) is 17.8. The molecule has 2 aliphatic rings. The normalized spacial score (nSPS) is 22.7. The highest BCUT2D eigenvalue weighted by Crippen LogP contribution is 2.47. The predicted molar refractivity (Wildman–Crippen MR) is 113 cm³/mol. The molecule has 3 amide bonds. The Labute approximate surface area is 196 Å². The average Bonchev–Trinajstić information content (AvgIpc) is 2.74. The summed E-state index contributed by atoms with van der Waals surface area (Å²) in [5, 5.41) is 2.51. The zero-order valence-corrected chi connectivity index (χ0v) is 18.6. The molecule has 12 heteroatoms. The number of anilines is 1. The first kappa shape index (κ1) is 23.9. The maximum atomic E-state index is 14.5. The van der Waals surface area contributed by atoms with Crippen molar-refractivity contribution in [2.45, 2.75) is 31.1 Å². The number of halogens is 5. The van der Waals surface area contributed by atoms with Gasteiger partial charge in [0.15, 0.2) is 11.6 Å². The molecule has 180 valence electrons. The molecule has 2 fully saturated rings. The fraction of sp³-hybridized carbons (Fsp3) is 0.364. The van der Waals surface area contributed by atoms with Crippen molar-refractivity contribution in [1.29, 1.82) is 0 Å². The number of nitrogens with zero attached hydrogens (tertiary/aromatic N) is 3. The molecule has 34 heavy (non-hydrogen) atoms. The minimum atomic E-state index is -4.51. The number of pyridine rings is 1. The minimum Gasteiger partial charge on any atom is -0.359 e. The molecular weight excluding hydrogens is 480 g/mol. The molecule has 0 bridgehead atoms. The summed E-state index contributed by atoms with van der Waals surface area (Å²) in [6.45, 7) is -0.662. The number of alkyl halides is 3. The largest absolute Gasteiger partial charge is 0.416 e. The van der Waals surface area contributed by atoms with Crippen molar-refractivity contribution in [2.24, 2.45) is 5.92 Å². The van der Waals surface area contributed by atoms with Crippen molar-refractivity contribution >= 4 is 35.1 Å². The van der Waals surface area contributed by atoms with Crippen molar-refractivity contribution in [3.63, 3.8) is 0 Å². The fourth-order valence-corrected chi connectivity index (χ4v) is 4.58. The fourth-order valence-electron chi connectivity index (χ4n) is 4.44. The molecule has 1 spiro atoms. The van der Waals surface area contributed by atoms with Gasteiger partial charge < -0.3 is 10.2 Å². The van der Waals surface area contributed by atoms with Crippen LogP contribution in [0.2, 0.25) is 5.02 Å². The molecule has 2 heterocycles. The maximum Gasteiger partial charge on any atom is 0.416 e. The number of benzene rings is 1. The smallest absolute Gasteiger partial charge is 0.359 e. The van der Waals surface area contributed by atoms with Gasteiger partial charge in [-0.05, 0) is 36.6 Å². The molecule has 7 nitrogen and oxygen atoms in total.